The van der Waals surface area contributed by atoms with E-state index in [1.54, 1.807) is 0 Å². The van der Waals surface area contributed by atoms with Crippen molar-refractivity contribution in [2.45, 2.75) is 39.2 Å². The fraction of sp³-hybridized carbons (Fsp3) is 0.714. The summed E-state index contributed by atoms with van der Waals surface area (Å²) in [5.74, 6) is 1.12. The molecule has 6 nitrogen and oxygen atoms in total. The van der Waals surface area contributed by atoms with Gasteiger partial charge in [-0.1, -0.05) is 0 Å². The molecule has 0 aliphatic carbocycles. The lowest BCUT2D eigenvalue weighted by molar-refractivity contribution is 0.234. The molecule has 20 heavy (non-hydrogen) atoms. The summed E-state index contributed by atoms with van der Waals surface area (Å²) in [5, 5.41) is 3.27. The van der Waals surface area contributed by atoms with Crippen LogP contribution in [0.25, 0.3) is 0 Å². The lowest BCUT2D eigenvalue weighted by Crippen LogP contribution is -2.22. The van der Waals surface area contributed by atoms with Crippen LogP contribution in [0.3, 0.4) is 0 Å². The molecule has 2 heterocycles. The maximum atomic E-state index is 6.01. The highest BCUT2D eigenvalue weighted by molar-refractivity contribution is 5.66. The second-order valence-corrected chi connectivity index (χ2v) is 5.44. The maximum absolute atomic E-state index is 6.01. The molecule has 1 fully saturated rings. The molecule has 0 unspecified atom stereocenters. The first kappa shape index (κ1) is 14.8. The minimum Gasteiger partial charge on any atom is -0.473 e. The predicted octanol–water partition coefficient (Wildman–Crippen LogP) is 1.74. The SMILES string of the molecule is CC(C)Oc1ncnc(NCCCN2CCCC2)c1N. The third kappa shape index (κ3) is 4.23. The third-order valence-electron chi connectivity index (χ3n) is 3.34. The van der Waals surface area contributed by atoms with Gasteiger partial charge in [0, 0.05) is 6.54 Å². The molecule has 0 atom stereocenters. The lowest BCUT2D eigenvalue weighted by Gasteiger charge is -2.16. The lowest BCUT2D eigenvalue weighted by atomic mass is 10.3. The van der Waals surface area contributed by atoms with Crippen LogP contribution in [0.2, 0.25) is 0 Å². The standard InChI is InChI=1S/C14H25N5O/c1-11(2)20-14-12(15)13(17-10-18-14)16-6-5-9-19-7-3-4-8-19/h10-11H,3-9,15H2,1-2H3,(H,16,17,18). The summed E-state index contributed by atoms with van der Waals surface area (Å²) in [5.41, 5.74) is 6.50. The summed E-state index contributed by atoms with van der Waals surface area (Å²) in [7, 11) is 0. The summed E-state index contributed by atoms with van der Waals surface area (Å²) >= 11 is 0. The molecular weight excluding hydrogens is 254 g/mol. The molecule has 1 saturated heterocycles. The molecule has 2 rings (SSSR count). The van der Waals surface area contributed by atoms with Gasteiger partial charge in [-0.15, -0.1) is 0 Å². The van der Waals surface area contributed by atoms with Gasteiger partial charge < -0.3 is 20.7 Å². The Bertz CT molecular complexity index is 418. The molecule has 0 aromatic carbocycles. The molecular formula is C14H25N5O. The average Bonchev–Trinajstić information content (AvgIpc) is 2.91. The Kier molecular flexibility index (Phi) is 5.40. The van der Waals surface area contributed by atoms with Crippen molar-refractivity contribution in [2.75, 3.05) is 37.2 Å². The van der Waals surface area contributed by atoms with E-state index in [9.17, 15) is 0 Å². The van der Waals surface area contributed by atoms with Crippen molar-refractivity contribution in [1.29, 1.82) is 0 Å². The zero-order chi connectivity index (χ0) is 14.4. The molecule has 0 bridgehead atoms. The van der Waals surface area contributed by atoms with Crippen LogP contribution in [0.5, 0.6) is 5.88 Å². The van der Waals surface area contributed by atoms with Crippen LogP contribution in [0.15, 0.2) is 6.33 Å². The molecule has 1 aromatic heterocycles. The van der Waals surface area contributed by atoms with Gasteiger partial charge >= 0.3 is 0 Å². The molecule has 0 spiro atoms. The highest BCUT2D eigenvalue weighted by Gasteiger charge is 2.12. The van der Waals surface area contributed by atoms with E-state index >= 15 is 0 Å². The number of nitrogen functional groups attached to an aromatic ring is 1. The van der Waals surface area contributed by atoms with Crippen molar-refractivity contribution < 1.29 is 4.74 Å². The molecule has 1 aromatic rings. The summed E-state index contributed by atoms with van der Waals surface area (Å²) in [4.78, 5) is 10.7. The summed E-state index contributed by atoms with van der Waals surface area (Å²) in [6.07, 6.45) is 5.29. The van der Waals surface area contributed by atoms with Crippen molar-refractivity contribution in [3.63, 3.8) is 0 Å². The quantitative estimate of drug-likeness (QED) is 0.740. The molecule has 3 N–H and O–H groups in total. The normalized spacial score (nSPS) is 15.8. The van der Waals surface area contributed by atoms with Gasteiger partial charge in [0.2, 0.25) is 5.88 Å². The monoisotopic (exact) mass is 279 g/mol. The van der Waals surface area contributed by atoms with Crippen LogP contribution in [0.4, 0.5) is 11.5 Å². The van der Waals surface area contributed by atoms with Gasteiger partial charge in [-0.2, -0.15) is 4.98 Å². The van der Waals surface area contributed by atoms with Crippen LogP contribution in [-0.4, -0.2) is 47.2 Å². The highest BCUT2D eigenvalue weighted by Crippen LogP contribution is 2.25. The summed E-state index contributed by atoms with van der Waals surface area (Å²) in [6, 6.07) is 0. The van der Waals surface area contributed by atoms with E-state index in [1.165, 1.54) is 32.3 Å². The Morgan fingerprint density at radius 3 is 2.80 bits per heavy atom. The third-order valence-corrected chi connectivity index (χ3v) is 3.34. The molecule has 0 saturated carbocycles. The average molecular weight is 279 g/mol. The molecule has 0 amide bonds. The molecule has 1 aliphatic rings. The van der Waals surface area contributed by atoms with E-state index < -0.39 is 0 Å². The van der Waals surface area contributed by atoms with Gasteiger partial charge in [-0.05, 0) is 52.7 Å². The summed E-state index contributed by atoms with van der Waals surface area (Å²) < 4.78 is 5.55. The number of hydrogen-bond acceptors (Lipinski definition) is 6. The number of anilines is 2. The predicted molar refractivity (Wildman–Crippen MR) is 81.0 cm³/mol. The number of nitrogens with two attached hydrogens (primary N) is 1. The van der Waals surface area contributed by atoms with E-state index in [-0.39, 0.29) is 6.10 Å². The number of nitrogens with one attached hydrogen (secondary N) is 1. The first-order valence-corrected chi connectivity index (χ1v) is 7.40. The van der Waals surface area contributed by atoms with Gasteiger partial charge in [0.1, 0.15) is 12.0 Å². The van der Waals surface area contributed by atoms with Crippen LogP contribution in [-0.2, 0) is 0 Å². The first-order valence-electron chi connectivity index (χ1n) is 7.40. The van der Waals surface area contributed by atoms with Gasteiger partial charge in [-0.25, -0.2) is 4.98 Å². The zero-order valence-corrected chi connectivity index (χ0v) is 12.4. The molecule has 0 radical (unpaired) electrons. The number of nitrogens with zero attached hydrogens (tertiary/aromatic N) is 3. The van der Waals surface area contributed by atoms with Crippen molar-refractivity contribution >= 4 is 11.5 Å². The van der Waals surface area contributed by atoms with E-state index in [0.717, 1.165) is 19.5 Å². The fourth-order valence-electron chi connectivity index (χ4n) is 2.35. The minimum atomic E-state index is 0.0511. The van der Waals surface area contributed by atoms with Crippen molar-refractivity contribution in [3.8, 4) is 5.88 Å². The Morgan fingerprint density at radius 1 is 1.35 bits per heavy atom. The Balaban J connectivity index is 1.79. The number of ether oxygens (including phenoxy) is 1. The highest BCUT2D eigenvalue weighted by atomic mass is 16.5. The first-order chi connectivity index (χ1) is 9.66. The van der Waals surface area contributed by atoms with Gasteiger partial charge in [0.25, 0.3) is 0 Å². The van der Waals surface area contributed by atoms with E-state index in [2.05, 4.69) is 20.2 Å². The van der Waals surface area contributed by atoms with Gasteiger partial charge in [0.05, 0.1) is 6.10 Å². The van der Waals surface area contributed by atoms with E-state index in [4.69, 9.17) is 10.5 Å². The van der Waals surface area contributed by atoms with Crippen LogP contribution >= 0.6 is 0 Å². The number of likely N-dealkylation sites (tertiary alicyclic amines) is 1. The number of hydrogen-bond donors (Lipinski definition) is 2. The number of aromatic nitrogens is 2. The van der Waals surface area contributed by atoms with E-state index in [0.29, 0.717) is 17.4 Å². The molecule has 112 valence electrons. The smallest absolute Gasteiger partial charge is 0.242 e. The van der Waals surface area contributed by atoms with Crippen LogP contribution in [0, 0.1) is 0 Å². The number of rotatable bonds is 7. The Labute approximate surface area is 120 Å². The van der Waals surface area contributed by atoms with Gasteiger partial charge in [-0.3, -0.25) is 0 Å². The zero-order valence-electron chi connectivity index (χ0n) is 12.4. The van der Waals surface area contributed by atoms with Crippen molar-refractivity contribution in [3.05, 3.63) is 6.33 Å². The fourth-order valence-corrected chi connectivity index (χ4v) is 2.35. The largest absolute Gasteiger partial charge is 0.473 e. The second kappa shape index (κ2) is 7.28. The van der Waals surface area contributed by atoms with Crippen molar-refractivity contribution in [1.82, 2.24) is 14.9 Å². The topological polar surface area (TPSA) is 76.3 Å². The van der Waals surface area contributed by atoms with Crippen LogP contribution < -0.4 is 15.8 Å². The minimum absolute atomic E-state index is 0.0511. The van der Waals surface area contributed by atoms with E-state index in [1.807, 2.05) is 13.8 Å². The maximum Gasteiger partial charge on any atom is 0.242 e. The summed E-state index contributed by atoms with van der Waals surface area (Å²) in [6.45, 7) is 8.37. The molecule has 6 heteroatoms. The Hall–Kier alpha value is -1.56. The van der Waals surface area contributed by atoms with Crippen molar-refractivity contribution in [2.24, 2.45) is 0 Å². The Morgan fingerprint density at radius 2 is 2.10 bits per heavy atom. The van der Waals surface area contributed by atoms with Gasteiger partial charge in [0.15, 0.2) is 5.82 Å². The molecule has 1 aliphatic heterocycles. The van der Waals surface area contributed by atoms with Crippen LogP contribution in [0.1, 0.15) is 33.1 Å². The second-order valence-electron chi connectivity index (χ2n) is 5.44.